The highest BCUT2D eigenvalue weighted by atomic mass is 16.5. The lowest BCUT2D eigenvalue weighted by Gasteiger charge is -2.39. The van der Waals surface area contributed by atoms with E-state index in [0.29, 0.717) is 24.5 Å². The van der Waals surface area contributed by atoms with E-state index >= 15 is 0 Å². The van der Waals surface area contributed by atoms with Gasteiger partial charge in [-0.2, -0.15) is 0 Å². The first kappa shape index (κ1) is 20.9. The molecule has 0 unspecified atom stereocenters. The topological polar surface area (TPSA) is 92.4 Å². The molecule has 2 aliphatic rings. The predicted octanol–water partition coefficient (Wildman–Crippen LogP) is 3.06. The minimum absolute atomic E-state index is 0.0700. The Bertz CT molecular complexity index is 1110. The molecule has 3 aromatic rings. The van der Waals surface area contributed by atoms with E-state index in [4.69, 9.17) is 9.47 Å². The van der Waals surface area contributed by atoms with Crippen LogP contribution in [-0.2, 0) is 9.53 Å². The van der Waals surface area contributed by atoms with Gasteiger partial charge in [-0.25, -0.2) is 9.97 Å². The normalized spacial score (nSPS) is 23.6. The number of methoxy groups -OCH3 is 1. The first-order valence-electron chi connectivity index (χ1n) is 11.2. The minimum Gasteiger partial charge on any atom is -0.480 e. The van der Waals surface area contributed by atoms with Crippen molar-refractivity contribution in [3.05, 3.63) is 42.4 Å². The number of likely N-dealkylation sites (tertiary alicyclic amines) is 1. The van der Waals surface area contributed by atoms with Crippen LogP contribution in [0.4, 0.5) is 0 Å². The maximum absolute atomic E-state index is 12.4. The molecule has 2 fully saturated rings. The van der Waals surface area contributed by atoms with Crippen molar-refractivity contribution in [3.63, 3.8) is 0 Å². The number of imidazole rings is 1. The van der Waals surface area contributed by atoms with Gasteiger partial charge < -0.3 is 24.7 Å². The van der Waals surface area contributed by atoms with E-state index in [9.17, 15) is 4.79 Å². The predicted molar refractivity (Wildman–Crippen MR) is 121 cm³/mol. The minimum atomic E-state index is -0.103. The van der Waals surface area contributed by atoms with Crippen LogP contribution < -0.4 is 10.1 Å². The molecule has 32 heavy (non-hydrogen) atoms. The Kier molecular flexibility index (Phi) is 5.80. The third-order valence-corrected chi connectivity index (χ3v) is 6.49. The van der Waals surface area contributed by atoms with E-state index in [1.807, 2.05) is 35.4 Å². The summed E-state index contributed by atoms with van der Waals surface area (Å²) in [5.41, 5.74) is 2.57. The summed E-state index contributed by atoms with van der Waals surface area (Å²) in [4.78, 5) is 27.1. The molecule has 8 nitrogen and oxygen atoms in total. The SMILES string of the molecule is COc1nc2ccccc2cc1-c1cnc([C@@H]2C[C@@H](N[C@@H]3CCOC3)CCN2C(C)=O)[nH]1. The molecule has 1 aromatic carbocycles. The van der Waals surface area contributed by atoms with Gasteiger partial charge in [0.05, 0.1) is 42.7 Å². The molecule has 2 N–H and O–H groups in total. The number of fused-ring (bicyclic) bond motifs is 1. The van der Waals surface area contributed by atoms with Crippen molar-refractivity contribution < 1.29 is 14.3 Å². The summed E-state index contributed by atoms with van der Waals surface area (Å²) < 4.78 is 11.1. The van der Waals surface area contributed by atoms with Crippen molar-refractivity contribution in [1.29, 1.82) is 0 Å². The first-order chi connectivity index (χ1) is 15.6. The van der Waals surface area contributed by atoms with Gasteiger partial charge in [-0.15, -0.1) is 0 Å². The third kappa shape index (κ3) is 4.08. The van der Waals surface area contributed by atoms with E-state index in [1.54, 1.807) is 14.0 Å². The van der Waals surface area contributed by atoms with Crippen LogP contribution in [0.3, 0.4) is 0 Å². The quantitative estimate of drug-likeness (QED) is 0.640. The number of hydrogen-bond acceptors (Lipinski definition) is 6. The molecule has 2 saturated heterocycles. The number of carbonyl (C=O) groups excluding carboxylic acids is 1. The number of aromatic amines is 1. The lowest BCUT2D eigenvalue weighted by Crippen LogP contribution is -2.49. The summed E-state index contributed by atoms with van der Waals surface area (Å²) in [5.74, 6) is 1.41. The average molecular weight is 436 g/mol. The van der Waals surface area contributed by atoms with Crippen molar-refractivity contribution in [2.45, 2.75) is 44.3 Å². The van der Waals surface area contributed by atoms with Crippen LogP contribution in [0.5, 0.6) is 5.88 Å². The number of rotatable bonds is 5. The highest BCUT2D eigenvalue weighted by Gasteiger charge is 2.34. The summed E-state index contributed by atoms with van der Waals surface area (Å²) in [7, 11) is 1.62. The molecule has 1 amide bonds. The van der Waals surface area contributed by atoms with Gasteiger partial charge in [0.15, 0.2) is 0 Å². The van der Waals surface area contributed by atoms with Crippen LogP contribution in [0.1, 0.15) is 38.1 Å². The monoisotopic (exact) mass is 435 g/mol. The van der Waals surface area contributed by atoms with Crippen molar-refractivity contribution in [2.24, 2.45) is 0 Å². The molecule has 0 aliphatic carbocycles. The zero-order valence-electron chi connectivity index (χ0n) is 18.5. The van der Waals surface area contributed by atoms with E-state index in [1.165, 1.54) is 0 Å². The van der Waals surface area contributed by atoms with Crippen molar-refractivity contribution in [1.82, 2.24) is 25.2 Å². The second kappa shape index (κ2) is 8.88. The molecule has 4 heterocycles. The van der Waals surface area contributed by atoms with Crippen molar-refractivity contribution >= 4 is 16.8 Å². The largest absolute Gasteiger partial charge is 0.480 e. The molecular formula is C24H29N5O3. The molecule has 0 spiro atoms. The van der Waals surface area contributed by atoms with E-state index in [0.717, 1.165) is 60.5 Å². The maximum atomic E-state index is 12.4. The number of carbonyl (C=O) groups is 1. The first-order valence-corrected chi connectivity index (χ1v) is 11.2. The Labute approximate surface area is 187 Å². The fourth-order valence-corrected chi connectivity index (χ4v) is 4.84. The van der Waals surface area contributed by atoms with Crippen LogP contribution in [0.15, 0.2) is 36.5 Å². The van der Waals surface area contributed by atoms with Gasteiger partial charge in [-0.1, -0.05) is 18.2 Å². The highest BCUT2D eigenvalue weighted by molar-refractivity contribution is 5.85. The molecule has 0 saturated carbocycles. The lowest BCUT2D eigenvalue weighted by atomic mass is 9.95. The molecule has 5 rings (SSSR count). The second-order valence-corrected chi connectivity index (χ2v) is 8.60. The van der Waals surface area contributed by atoms with Crippen LogP contribution in [0, 0.1) is 0 Å². The zero-order chi connectivity index (χ0) is 22.1. The number of amides is 1. The van der Waals surface area contributed by atoms with Crippen LogP contribution in [0.2, 0.25) is 0 Å². The van der Waals surface area contributed by atoms with Gasteiger partial charge >= 0.3 is 0 Å². The molecule has 0 radical (unpaired) electrons. The van der Waals surface area contributed by atoms with Gasteiger partial charge in [0.2, 0.25) is 11.8 Å². The highest BCUT2D eigenvalue weighted by Crippen LogP contribution is 2.34. The maximum Gasteiger partial charge on any atom is 0.223 e. The second-order valence-electron chi connectivity index (χ2n) is 8.60. The number of nitrogens with one attached hydrogen (secondary N) is 2. The molecule has 168 valence electrons. The number of ether oxygens (including phenoxy) is 2. The molecule has 0 bridgehead atoms. The fraction of sp³-hybridized carbons (Fsp3) is 0.458. The number of hydrogen-bond donors (Lipinski definition) is 2. The molecular weight excluding hydrogens is 406 g/mol. The van der Waals surface area contributed by atoms with Crippen LogP contribution >= 0.6 is 0 Å². The van der Waals surface area contributed by atoms with Gasteiger partial charge in [-0.05, 0) is 31.4 Å². The van der Waals surface area contributed by atoms with Crippen molar-refractivity contribution in [2.75, 3.05) is 26.9 Å². The Hall–Kier alpha value is -2.97. The van der Waals surface area contributed by atoms with Crippen LogP contribution in [-0.4, -0.2) is 64.7 Å². The van der Waals surface area contributed by atoms with E-state index < -0.39 is 0 Å². The van der Waals surface area contributed by atoms with E-state index in [2.05, 4.69) is 26.3 Å². The Morgan fingerprint density at radius 1 is 1.28 bits per heavy atom. The van der Waals surface area contributed by atoms with Gasteiger partial charge in [0, 0.05) is 37.5 Å². The van der Waals surface area contributed by atoms with E-state index in [-0.39, 0.29) is 11.9 Å². The Balaban J connectivity index is 1.43. The van der Waals surface area contributed by atoms with Crippen LogP contribution in [0.25, 0.3) is 22.2 Å². The number of nitrogens with zero attached hydrogens (tertiary/aromatic N) is 3. The number of benzene rings is 1. The molecule has 3 atom stereocenters. The summed E-state index contributed by atoms with van der Waals surface area (Å²) in [6.07, 6.45) is 4.60. The van der Waals surface area contributed by atoms with Crippen molar-refractivity contribution in [3.8, 4) is 17.1 Å². The van der Waals surface area contributed by atoms with Gasteiger partial charge in [-0.3, -0.25) is 4.79 Å². The molecule has 8 heteroatoms. The molecule has 2 aliphatic heterocycles. The smallest absolute Gasteiger partial charge is 0.223 e. The number of H-pyrrole nitrogens is 1. The standard InChI is InChI=1S/C24H29N5O3/c1-15(30)29-9-7-17(26-18-8-10-32-14-18)12-22(29)23-25-13-21(27-23)19-11-16-5-3-4-6-20(16)28-24(19)31-2/h3-6,11,13,17-18,22,26H,7-10,12,14H2,1-2H3,(H,25,27)/t17-,18+,22-/m0/s1. The summed E-state index contributed by atoms with van der Waals surface area (Å²) in [5, 5.41) is 4.75. The fourth-order valence-electron chi connectivity index (χ4n) is 4.84. The Morgan fingerprint density at radius 3 is 2.94 bits per heavy atom. The molecule has 2 aromatic heterocycles. The summed E-state index contributed by atoms with van der Waals surface area (Å²) >= 11 is 0. The third-order valence-electron chi connectivity index (χ3n) is 6.49. The lowest BCUT2D eigenvalue weighted by molar-refractivity contribution is -0.133. The number of para-hydroxylation sites is 1. The van der Waals surface area contributed by atoms with Gasteiger partial charge in [0.1, 0.15) is 5.82 Å². The number of pyridine rings is 1. The average Bonchev–Trinajstić information content (AvgIpc) is 3.50. The number of piperidine rings is 1. The summed E-state index contributed by atoms with van der Waals surface area (Å²) in [6.45, 7) is 3.92. The Morgan fingerprint density at radius 2 is 2.16 bits per heavy atom. The van der Waals surface area contributed by atoms with Gasteiger partial charge in [0.25, 0.3) is 0 Å². The zero-order valence-corrected chi connectivity index (χ0v) is 18.5. The number of aromatic nitrogens is 3. The summed E-state index contributed by atoms with van der Waals surface area (Å²) in [6, 6.07) is 10.6.